The topological polar surface area (TPSA) is 50.2 Å². The maximum atomic E-state index is 12.5. The Bertz CT molecular complexity index is 655. The van der Waals surface area contributed by atoms with Crippen molar-refractivity contribution in [3.8, 4) is 5.69 Å². The number of nitrogens with zero attached hydrogens (tertiary/aromatic N) is 3. The van der Waals surface area contributed by atoms with E-state index in [-0.39, 0.29) is 5.91 Å². The van der Waals surface area contributed by atoms with Gasteiger partial charge in [0, 0.05) is 36.3 Å². The zero-order valence-corrected chi connectivity index (χ0v) is 13.4. The van der Waals surface area contributed by atoms with Gasteiger partial charge in [-0.2, -0.15) is 5.10 Å². The minimum absolute atomic E-state index is 0.0459. The number of carbonyl (C=O) groups is 1. The number of halogens is 1. The van der Waals surface area contributed by atoms with Gasteiger partial charge in [-0.05, 0) is 25.1 Å². The number of carbonyl (C=O) groups excluding carboxylic acids is 1. The Morgan fingerprint density at radius 2 is 2.33 bits per heavy atom. The van der Waals surface area contributed by atoms with Gasteiger partial charge < -0.3 is 10.2 Å². The second kappa shape index (κ2) is 5.99. The molecule has 1 fully saturated rings. The molecule has 1 atom stereocenters. The molecule has 1 N–H and O–H groups in total. The number of benzene rings is 1. The monoisotopic (exact) mass is 348 g/mol. The zero-order valence-electron chi connectivity index (χ0n) is 11.8. The first-order chi connectivity index (χ1) is 10.1. The van der Waals surface area contributed by atoms with Crippen LogP contribution in [0.4, 0.5) is 0 Å². The van der Waals surface area contributed by atoms with Crippen molar-refractivity contribution >= 4 is 21.8 Å². The molecule has 0 bridgehead atoms. The lowest BCUT2D eigenvalue weighted by Crippen LogP contribution is -2.51. The van der Waals surface area contributed by atoms with Gasteiger partial charge in [0.05, 0.1) is 17.4 Å². The van der Waals surface area contributed by atoms with Crippen LogP contribution in [0.2, 0.25) is 0 Å². The van der Waals surface area contributed by atoms with Gasteiger partial charge in [0.25, 0.3) is 5.91 Å². The third-order valence-electron chi connectivity index (χ3n) is 3.56. The molecule has 3 rings (SSSR count). The third-order valence-corrected chi connectivity index (χ3v) is 4.05. The summed E-state index contributed by atoms with van der Waals surface area (Å²) in [7, 11) is 0. The van der Waals surface area contributed by atoms with Gasteiger partial charge in [-0.15, -0.1) is 0 Å². The van der Waals surface area contributed by atoms with E-state index in [4.69, 9.17) is 0 Å². The second-order valence-corrected chi connectivity index (χ2v) is 6.18. The van der Waals surface area contributed by atoms with Crippen LogP contribution in [0.1, 0.15) is 17.3 Å². The highest BCUT2D eigenvalue weighted by Crippen LogP contribution is 2.16. The summed E-state index contributed by atoms with van der Waals surface area (Å²) >= 11 is 3.44. The molecule has 1 aromatic carbocycles. The quantitative estimate of drug-likeness (QED) is 0.903. The maximum absolute atomic E-state index is 12.5. The van der Waals surface area contributed by atoms with Crippen LogP contribution >= 0.6 is 15.9 Å². The molecule has 2 heterocycles. The van der Waals surface area contributed by atoms with Gasteiger partial charge in [-0.25, -0.2) is 4.68 Å². The molecule has 2 aromatic rings. The number of hydrogen-bond donors (Lipinski definition) is 1. The van der Waals surface area contributed by atoms with Crippen LogP contribution in [0.3, 0.4) is 0 Å². The maximum Gasteiger partial charge on any atom is 0.257 e. The largest absolute Gasteiger partial charge is 0.336 e. The van der Waals surface area contributed by atoms with Crippen LogP contribution in [0, 0.1) is 0 Å². The molecule has 1 amide bonds. The molecule has 1 saturated heterocycles. The molecular formula is C15H17BrN4O. The normalized spacial score (nSPS) is 18.8. The minimum atomic E-state index is 0.0459. The Hall–Kier alpha value is -1.66. The number of nitrogens with one attached hydrogen (secondary N) is 1. The van der Waals surface area contributed by atoms with Crippen molar-refractivity contribution in [2.45, 2.75) is 13.0 Å². The lowest BCUT2D eigenvalue weighted by molar-refractivity contribution is 0.0709. The molecule has 5 nitrogen and oxygen atoms in total. The van der Waals surface area contributed by atoms with Crippen molar-refractivity contribution in [1.29, 1.82) is 0 Å². The number of amides is 1. The molecule has 1 unspecified atom stereocenters. The molecule has 6 heteroatoms. The highest BCUT2D eigenvalue weighted by atomic mass is 79.9. The number of hydrogen-bond acceptors (Lipinski definition) is 3. The Balaban J connectivity index is 1.80. The van der Waals surface area contributed by atoms with Crippen LogP contribution < -0.4 is 5.32 Å². The zero-order chi connectivity index (χ0) is 14.8. The molecule has 110 valence electrons. The average molecular weight is 349 g/mol. The van der Waals surface area contributed by atoms with Gasteiger partial charge in [0.1, 0.15) is 0 Å². The summed E-state index contributed by atoms with van der Waals surface area (Å²) in [5.74, 6) is 0.0459. The van der Waals surface area contributed by atoms with E-state index in [1.165, 1.54) is 0 Å². The third kappa shape index (κ3) is 3.16. The van der Waals surface area contributed by atoms with E-state index < -0.39 is 0 Å². The molecule has 0 radical (unpaired) electrons. The van der Waals surface area contributed by atoms with Gasteiger partial charge in [-0.1, -0.05) is 22.0 Å². The van der Waals surface area contributed by atoms with Crippen LogP contribution in [0.15, 0.2) is 41.1 Å². The summed E-state index contributed by atoms with van der Waals surface area (Å²) < 4.78 is 2.71. The summed E-state index contributed by atoms with van der Waals surface area (Å²) in [5.41, 5.74) is 1.56. The van der Waals surface area contributed by atoms with Crippen molar-refractivity contribution in [1.82, 2.24) is 20.0 Å². The van der Waals surface area contributed by atoms with E-state index in [1.807, 2.05) is 29.2 Å². The first kappa shape index (κ1) is 14.3. The number of aromatic nitrogens is 2. The van der Waals surface area contributed by atoms with E-state index in [2.05, 4.69) is 33.3 Å². The van der Waals surface area contributed by atoms with E-state index in [9.17, 15) is 4.79 Å². The Morgan fingerprint density at radius 3 is 3.10 bits per heavy atom. The molecule has 1 aliphatic heterocycles. The second-order valence-electron chi connectivity index (χ2n) is 5.26. The first-order valence-corrected chi connectivity index (χ1v) is 7.76. The molecular weight excluding hydrogens is 332 g/mol. The SMILES string of the molecule is CC1CN(C(=O)c2cnn(-c3cccc(Br)c3)c2)CCN1. The number of rotatable bonds is 2. The first-order valence-electron chi connectivity index (χ1n) is 6.97. The molecule has 0 saturated carbocycles. The molecule has 1 aliphatic rings. The summed E-state index contributed by atoms with van der Waals surface area (Å²) in [6.07, 6.45) is 3.42. The molecule has 21 heavy (non-hydrogen) atoms. The van der Waals surface area contributed by atoms with Crippen LogP contribution in [0.5, 0.6) is 0 Å². The summed E-state index contributed by atoms with van der Waals surface area (Å²) in [6, 6.07) is 8.16. The van der Waals surface area contributed by atoms with Gasteiger partial charge >= 0.3 is 0 Å². The van der Waals surface area contributed by atoms with Gasteiger partial charge in [0.2, 0.25) is 0 Å². The van der Waals surface area contributed by atoms with E-state index in [1.54, 1.807) is 17.1 Å². The highest BCUT2D eigenvalue weighted by Gasteiger charge is 2.22. The fraction of sp³-hybridized carbons (Fsp3) is 0.333. The van der Waals surface area contributed by atoms with Crippen molar-refractivity contribution in [2.24, 2.45) is 0 Å². The predicted molar refractivity (Wildman–Crippen MR) is 84.6 cm³/mol. The fourth-order valence-electron chi connectivity index (χ4n) is 2.49. The Morgan fingerprint density at radius 1 is 1.48 bits per heavy atom. The lowest BCUT2D eigenvalue weighted by Gasteiger charge is -2.31. The van der Waals surface area contributed by atoms with Crippen LogP contribution in [-0.4, -0.2) is 46.3 Å². The van der Waals surface area contributed by atoms with Crippen molar-refractivity contribution in [3.05, 3.63) is 46.7 Å². The minimum Gasteiger partial charge on any atom is -0.336 e. The molecule has 0 spiro atoms. The van der Waals surface area contributed by atoms with Crippen LogP contribution in [-0.2, 0) is 0 Å². The van der Waals surface area contributed by atoms with Crippen molar-refractivity contribution < 1.29 is 4.79 Å². The van der Waals surface area contributed by atoms with Crippen molar-refractivity contribution in [2.75, 3.05) is 19.6 Å². The van der Waals surface area contributed by atoms with E-state index in [0.717, 1.165) is 29.8 Å². The lowest BCUT2D eigenvalue weighted by atomic mass is 10.2. The van der Waals surface area contributed by atoms with E-state index >= 15 is 0 Å². The standard InChI is InChI=1S/C15H17BrN4O/c1-11-9-19(6-5-17-11)15(21)12-8-18-20(10-12)14-4-2-3-13(16)7-14/h2-4,7-8,10-11,17H,5-6,9H2,1H3. The molecule has 1 aromatic heterocycles. The van der Waals surface area contributed by atoms with Gasteiger partial charge in [0.15, 0.2) is 0 Å². The summed E-state index contributed by atoms with van der Waals surface area (Å²) in [4.78, 5) is 14.4. The summed E-state index contributed by atoms with van der Waals surface area (Å²) in [5, 5.41) is 7.63. The predicted octanol–water partition coefficient (Wildman–Crippen LogP) is 2.07. The Labute approximate surface area is 132 Å². The molecule has 0 aliphatic carbocycles. The van der Waals surface area contributed by atoms with E-state index in [0.29, 0.717) is 11.6 Å². The fourth-order valence-corrected chi connectivity index (χ4v) is 2.88. The average Bonchev–Trinajstić information content (AvgIpc) is 2.96. The highest BCUT2D eigenvalue weighted by molar-refractivity contribution is 9.10. The number of piperazine rings is 1. The van der Waals surface area contributed by atoms with Crippen molar-refractivity contribution in [3.63, 3.8) is 0 Å². The smallest absolute Gasteiger partial charge is 0.257 e. The van der Waals surface area contributed by atoms with Gasteiger partial charge in [-0.3, -0.25) is 4.79 Å². The summed E-state index contributed by atoms with van der Waals surface area (Å²) in [6.45, 7) is 4.41. The van der Waals surface area contributed by atoms with Crippen LogP contribution in [0.25, 0.3) is 5.69 Å². The Kier molecular flexibility index (Phi) is 4.07.